The topological polar surface area (TPSA) is 38.0 Å². The summed E-state index contributed by atoms with van der Waals surface area (Å²) in [6.45, 7) is 0. The first-order valence-electron chi connectivity index (χ1n) is 3.01. The molecular weight excluding hydrogens is 203 g/mol. The normalized spacial score (nSPS) is 8.42. The van der Waals surface area contributed by atoms with E-state index in [0.717, 1.165) is 5.69 Å². The quantitative estimate of drug-likeness (QED) is 0.543. The summed E-state index contributed by atoms with van der Waals surface area (Å²) < 4.78 is 0. The predicted octanol–water partition coefficient (Wildman–Crippen LogP) is 1.35. The van der Waals surface area contributed by atoms with Crippen LogP contribution in [0.4, 0.5) is 5.69 Å². The van der Waals surface area contributed by atoms with Crippen LogP contribution in [0.3, 0.4) is 0 Å². The summed E-state index contributed by atoms with van der Waals surface area (Å²) in [6, 6.07) is 7.27. The molecule has 0 aliphatic rings. The summed E-state index contributed by atoms with van der Waals surface area (Å²) in [4.78, 5) is 0. The Morgan fingerprint density at radius 1 is 1.42 bits per heavy atom. The Morgan fingerprint density at radius 2 is 2.00 bits per heavy atom. The molecule has 5 heteroatoms. The van der Waals surface area contributed by atoms with Crippen molar-refractivity contribution in [3.05, 3.63) is 29.3 Å². The molecule has 1 rings (SSSR count). The summed E-state index contributed by atoms with van der Waals surface area (Å²) in [5.74, 6) is 0. The van der Waals surface area contributed by atoms with E-state index >= 15 is 0 Å². The van der Waals surface area contributed by atoms with Gasteiger partial charge in [-0.3, -0.25) is 0 Å². The molecule has 3 N–H and O–H groups in total. The van der Waals surface area contributed by atoms with Gasteiger partial charge >= 0.3 is 29.6 Å². The molecular formula is C7H8ClN2NaS. The van der Waals surface area contributed by atoms with Gasteiger partial charge in [-0.25, -0.2) is 0 Å². The monoisotopic (exact) mass is 210 g/mol. The van der Waals surface area contributed by atoms with Gasteiger partial charge in [-0.15, -0.1) is 0 Å². The van der Waals surface area contributed by atoms with Gasteiger partial charge in [0.15, 0.2) is 5.11 Å². The predicted molar refractivity (Wildman–Crippen MR) is 59.0 cm³/mol. The van der Waals surface area contributed by atoms with E-state index in [9.17, 15) is 0 Å². The van der Waals surface area contributed by atoms with Gasteiger partial charge in [-0.05, 0) is 24.4 Å². The van der Waals surface area contributed by atoms with E-state index in [1.165, 1.54) is 0 Å². The van der Waals surface area contributed by atoms with Gasteiger partial charge in [0.2, 0.25) is 0 Å². The molecule has 0 aliphatic heterocycles. The molecule has 1 aromatic carbocycles. The van der Waals surface area contributed by atoms with Crippen LogP contribution in [0, 0.1) is 0 Å². The van der Waals surface area contributed by atoms with Crippen LogP contribution in [0.2, 0.25) is 5.02 Å². The molecule has 1 aromatic rings. The van der Waals surface area contributed by atoms with Crippen molar-refractivity contribution in [1.82, 2.24) is 0 Å². The van der Waals surface area contributed by atoms with Crippen LogP contribution in [0.1, 0.15) is 0 Å². The molecule has 0 radical (unpaired) electrons. The van der Waals surface area contributed by atoms with Gasteiger partial charge in [0.1, 0.15) is 0 Å². The molecule has 0 amide bonds. The Hall–Kier alpha value is 0.200. The Balaban J connectivity index is 0.00000121. The first kappa shape index (κ1) is 12.2. The van der Waals surface area contributed by atoms with Crippen molar-refractivity contribution in [3.63, 3.8) is 0 Å². The Labute approximate surface area is 104 Å². The van der Waals surface area contributed by atoms with E-state index in [0.29, 0.717) is 5.02 Å². The van der Waals surface area contributed by atoms with E-state index in [2.05, 4.69) is 17.5 Å². The number of para-hydroxylation sites is 1. The van der Waals surface area contributed by atoms with E-state index in [1.54, 1.807) is 6.07 Å². The number of rotatable bonds is 1. The van der Waals surface area contributed by atoms with Crippen molar-refractivity contribution in [3.8, 4) is 0 Å². The number of anilines is 1. The number of thiocarbonyl (C=S) groups is 1. The molecule has 60 valence electrons. The van der Waals surface area contributed by atoms with Crippen LogP contribution in [0.5, 0.6) is 0 Å². The molecule has 0 aromatic heterocycles. The summed E-state index contributed by atoms with van der Waals surface area (Å²) in [5.41, 5.74) is 5.99. The molecule has 0 atom stereocenters. The standard InChI is InChI=1S/C7H7ClN2S.Na.H/c8-5-3-1-2-4-6(5)10-7(9)11;;/h1-4H,(H3,9,10,11);;. The maximum absolute atomic E-state index is 5.79. The Morgan fingerprint density at radius 3 is 2.50 bits per heavy atom. The second kappa shape index (κ2) is 5.78. The minimum absolute atomic E-state index is 0. The molecule has 0 fully saturated rings. The van der Waals surface area contributed by atoms with Gasteiger partial charge in [0.25, 0.3) is 0 Å². The van der Waals surface area contributed by atoms with Crippen molar-refractivity contribution >= 4 is 64.2 Å². The van der Waals surface area contributed by atoms with Crippen LogP contribution in [0.15, 0.2) is 24.3 Å². The molecule has 0 saturated carbocycles. The Kier molecular flexibility index (Phi) is 5.88. The average Bonchev–Trinajstić information content (AvgIpc) is 1.93. The van der Waals surface area contributed by atoms with Gasteiger partial charge in [0, 0.05) is 0 Å². The molecule has 12 heavy (non-hydrogen) atoms. The summed E-state index contributed by atoms with van der Waals surface area (Å²) in [7, 11) is 0. The maximum atomic E-state index is 5.79. The van der Waals surface area contributed by atoms with Crippen LogP contribution < -0.4 is 11.1 Å². The van der Waals surface area contributed by atoms with Crippen LogP contribution in [-0.4, -0.2) is 34.7 Å². The second-order valence-electron chi connectivity index (χ2n) is 1.97. The zero-order chi connectivity index (χ0) is 8.27. The number of nitrogens with two attached hydrogens (primary N) is 1. The van der Waals surface area contributed by atoms with Crippen LogP contribution >= 0.6 is 23.8 Å². The fraction of sp³-hybridized carbons (Fsp3) is 0. The summed E-state index contributed by atoms with van der Waals surface area (Å²) >= 11 is 10.4. The summed E-state index contributed by atoms with van der Waals surface area (Å²) in [6.07, 6.45) is 0. The third-order valence-corrected chi connectivity index (χ3v) is 1.56. The van der Waals surface area contributed by atoms with E-state index in [1.807, 2.05) is 18.2 Å². The molecule has 0 heterocycles. The van der Waals surface area contributed by atoms with Crippen LogP contribution in [-0.2, 0) is 0 Å². The SMILES string of the molecule is NC(=S)Nc1ccccc1Cl.[NaH]. The van der Waals surface area contributed by atoms with Crippen molar-refractivity contribution in [2.45, 2.75) is 0 Å². The first-order valence-corrected chi connectivity index (χ1v) is 3.80. The molecule has 0 spiro atoms. The summed E-state index contributed by atoms with van der Waals surface area (Å²) in [5, 5.41) is 3.58. The number of benzene rings is 1. The van der Waals surface area contributed by atoms with Crippen LogP contribution in [0.25, 0.3) is 0 Å². The number of hydrogen-bond donors (Lipinski definition) is 2. The van der Waals surface area contributed by atoms with Crippen molar-refractivity contribution in [2.24, 2.45) is 5.73 Å². The molecule has 2 nitrogen and oxygen atoms in total. The zero-order valence-electron chi connectivity index (χ0n) is 5.67. The molecule has 0 bridgehead atoms. The third kappa shape index (κ3) is 3.74. The third-order valence-electron chi connectivity index (χ3n) is 1.13. The van der Waals surface area contributed by atoms with E-state index in [4.69, 9.17) is 17.3 Å². The van der Waals surface area contributed by atoms with Crippen molar-refractivity contribution in [2.75, 3.05) is 5.32 Å². The minimum atomic E-state index is 0. The van der Waals surface area contributed by atoms with E-state index < -0.39 is 0 Å². The van der Waals surface area contributed by atoms with Crippen molar-refractivity contribution < 1.29 is 0 Å². The van der Waals surface area contributed by atoms with Crippen molar-refractivity contribution in [1.29, 1.82) is 0 Å². The fourth-order valence-electron chi connectivity index (χ4n) is 0.695. The number of hydrogen-bond acceptors (Lipinski definition) is 1. The molecule has 0 aliphatic carbocycles. The van der Waals surface area contributed by atoms with Gasteiger partial charge < -0.3 is 11.1 Å². The Bertz CT molecular complexity index is 280. The molecule has 0 unspecified atom stereocenters. The zero-order valence-corrected chi connectivity index (χ0v) is 7.25. The number of halogens is 1. The number of nitrogens with one attached hydrogen (secondary N) is 1. The first-order chi connectivity index (χ1) is 5.20. The molecule has 0 saturated heterocycles. The van der Waals surface area contributed by atoms with E-state index in [-0.39, 0.29) is 34.7 Å². The fourth-order valence-corrected chi connectivity index (χ4v) is 0.988. The van der Waals surface area contributed by atoms with Gasteiger partial charge in [0.05, 0.1) is 10.7 Å². The van der Waals surface area contributed by atoms with Gasteiger partial charge in [-0.1, -0.05) is 23.7 Å². The van der Waals surface area contributed by atoms with Gasteiger partial charge in [-0.2, -0.15) is 0 Å². The second-order valence-corrected chi connectivity index (χ2v) is 2.82. The average molecular weight is 211 g/mol.